The molecule has 3 heterocycles. The fourth-order valence-corrected chi connectivity index (χ4v) is 7.98. The van der Waals surface area contributed by atoms with Crippen LogP contribution in [-0.2, 0) is 31.0 Å². The third-order valence-corrected chi connectivity index (χ3v) is 10.2. The van der Waals surface area contributed by atoms with Gasteiger partial charge in [0.05, 0.1) is 23.6 Å². The molecule has 4 atom stereocenters. The zero-order valence-electron chi connectivity index (χ0n) is 29.7. The van der Waals surface area contributed by atoms with Crippen LogP contribution in [0.25, 0.3) is 11.1 Å². The first-order valence-electron chi connectivity index (χ1n) is 17.6. The molecule has 50 heavy (non-hydrogen) atoms. The monoisotopic (exact) mass is 687 g/mol. The topological polar surface area (TPSA) is 126 Å². The number of piperidine rings is 2. The van der Waals surface area contributed by atoms with Crippen LogP contribution >= 0.6 is 0 Å². The average molecular weight is 688 g/mol. The smallest absolute Gasteiger partial charge is 0.411 e. The summed E-state index contributed by atoms with van der Waals surface area (Å²) in [4.78, 5) is 55.3. The summed E-state index contributed by atoms with van der Waals surface area (Å²) >= 11 is 0. The van der Waals surface area contributed by atoms with E-state index in [-0.39, 0.29) is 30.6 Å². The number of hydrogen-bond donors (Lipinski definition) is 0. The summed E-state index contributed by atoms with van der Waals surface area (Å²) in [6.07, 6.45) is 2.30. The van der Waals surface area contributed by atoms with Gasteiger partial charge in [0.15, 0.2) is 5.78 Å². The van der Waals surface area contributed by atoms with Crippen molar-refractivity contribution in [1.82, 2.24) is 9.80 Å². The Bertz CT molecular complexity index is 1740. The van der Waals surface area contributed by atoms with E-state index in [0.29, 0.717) is 48.2 Å². The number of fused-ring (bicyclic) bond motifs is 4. The minimum absolute atomic E-state index is 0.0417. The van der Waals surface area contributed by atoms with Crippen LogP contribution in [0.3, 0.4) is 0 Å². The molecule has 2 amide bonds. The van der Waals surface area contributed by atoms with Gasteiger partial charge in [0, 0.05) is 44.0 Å². The summed E-state index contributed by atoms with van der Waals surface area (Å²) in [5, 5.41) is 9.99. The molecule has 2 aromatic carbocycles. The van der Waals surface area contributed by atoms with Crippen LogP contribution < -0.4 is 0 Å². The van der Waals surface area contributed by atoms with E-state index in [9.17, 15) is 24.4 Å². The number of esters is 1. The van der Waals surface area contributed by atoms with Crippen LogP contribution in [0.1, 0.15) is 102 Å². The van der Waals surface area contributed by atoms with Gasteiger partial charge in [0.2, 0.25) is 0 Å². The predicted molar refractivity (Wildman–Crippen MR) is 181 cm³/mol. The molecular weight excluding hydrogens is 641 g/mol. The number of nitriles is 1. The molecule has 0 aromatic heterocycles. The Morgan fingerprint density at radius 3 is 2.26 bits per heavy atom. The molecule has 1 spiro atoms. The fraction of sp³-hybridized carbons (Fsp3) is 0.564. The summed E-state index contributed by atoms with van der Waals surface area (Å²) in [5.41, 5.74) is 0.585. The number of amides is 2. The lowest BCUT2D eigenvalue weighted by Crippen LogP contribution is -2.51. The minimum atomic E-state index is -0.885. The Morgan fingerprint density at radius 1 is 0.980 bits per heavy atom. The van der Waals surface area contributed by atoms with E-state index < -0.39 is 52.7 Å². The highest BCUT2D eigenvalue weighted by Gasteiger charge is 2.52. The highest BCUT2D eigenvalue weighted by atomic mass is 19.1. The Balaban J connectivity index is 1.14. The van der Waals surface area contributed by atoms with Crippen molar-refractivity contribution < 1.29 is 37.8 Å². The first kappa shape index (κ1) is 35.4. The van der Waals surface area contributed by atoms with Crippen LogP contribution in [0.5, 0.6) is 0 Å². The van der Waals surface area contributed by atoms with Gasteiger partial charge in [-0.15, -0.1) is 0 Å². The Morgan fingerprint density at radius 2 is 1.62 bits per heavy atom. The van der Waals surface area contributed by atoms with Gasteiger partial charge in [-0.2, -0.15) is 5.26 Å². The molecule has 2 saturated heterocycles. The van der Waals surface area contributed by atoms with Crippen molar-refractivity contribution in [1.29, 1.82) is 5.26 Å². The van der Waals surface area contributed by atoms with Gasteiger partial charge in [0.1, 0.15) is 22.6 Å². The third-order valence-electron chi connectivity index (χ3n) is 10.2. The van der Waals surface area contributed by atoms with Crippen molar-refractivity contribution in [2.24, 2.45) is 11.8 Å². The second-order valence-corrected chi connectivity index (χ2v) is 16.2. The lowest BCUT2D eigenvalue weighted by Gasteiger charge is -2.39. The third kappa shape index (κ3) is 7.07. The van der Waals surface area contributed by atoms with E-state index >= 15 is 4.39 Å². The molecule has 0 N–H and O–H groups in total. The SMILES string of the molecule is CC(C)(C)OC(=O)N1CCC2(CC1)OC(=O)c1ccc(-c3ccc(C[C@@H](C#N)CC(=O)[C@@H]4[C@H]5CC[C@H](C5)N4C(=O)OC(C)(C)C)c(F)c3)cc12. The number of hydrogen-bond acceptors (Lipinski definition) is 8. The molecule has 1 aliphatic carbocycles. The number of Topliss-reactive ketones (excluding diaryl/α,β-unsaturated/α-hetero) is 1. The number of nitrogens with zero attached hydrogens (tertiary/aromatic N) is 3. The normalized spacial score (nSPS) is 22.9. The van der Waals surface area contributed by atoms with Gasteiger partial charge < -0.3 is 19.1 Å². The van der Waals surface area contributed by atoms with Crippen LogP contribution in [0, 0.1) is 29.0 Å². The summed E-state index contributed by atoms with van der Waals surface area (Å²) in [5.74, 6) is -1.83. The summed E-state index contributed by atoms with van der Waals surface area (Å²) in [7, 11) is 0. The summed E-state index contributed by atoms with van der Waals surface area (Å²) in [6, 6.07) is 11.6. The highest BCUT2D eigenvalue weighted by Crippen LogP contribution is 2.46. The van der Waals surface area contributed by atoms with Crippen molar-refractivity contribution in [2.45, 2.75) is 115 Å². The maximum absolute atomic E-state index is 15.6. The number of halogens is 1. The molecule has 2 aromatic rings. The van der Waals surface area contributed by atoms with Crippen molar-refractivity contribution in [3.05, 3.63) is 58.9 Å². The molecule has 3 aliphatic heterocycles. The highest BCUT2D eigenvalue weighted by molar-refractivity contribution is 5.96. The zero-order valence-corrected chi connectivity index (χ0v) is 29.7. The van der Waals surface area contributed by atoms with Crippen LogP contribution in [-0.4, -0.2) is 70.1 Å². The first-order chi connectivity index (χ1) is 23.5. The molecule has 266 valence electrons. The lowest BCUT2D eigenvalue weighted by molar-refractivity contribution is -0.126. The first-order valence-corrected chi connectivity index (χ1v) is 17.6. The molecule has 11 heteroatoms. The Labute approximate surface area is 292 Å². The maximum atomic E-state index is 15.6. The van der Waals surface area contributed by atoms with Crippen LogP contribution in [0.2, 0.25) is 0 Å². The number of ether oxygens (including phenoxy) is 3. The number of carbonyl (C=O) groups is 4. The number of rotatable bonds is 6. The summed E-state index contributed by atoms with van der Waals surface area (Å²) in [6.45, 7) is 11.5. The summed E-state index contributed by atoms with van der Waals surface area (Å²) < 4.78 is 32.7. The van der Waals surface area contributed by atoms with Crippen molar-refractivity contribution in [3.63, 3.8) is 0 Å². The molecule has 10 nitrogen and oxygen atoms in total. The molecular formula is C39H46FN3O7. The van der Waals surface area contributed by atoms with Gasteiger partial charge >= 0.3 is 18.2 Å². The maximum Gasteiger partial charge on any atom is 0.411 e. The molecule has 4 aliphatic rings. The van der Waals surface area contributed by atoms with Crippen molar-refractivity contribution in [2.75, 3.05) is 13.1 Å². The van der Waals surface area contributed by atoms with E-state index in [4.69, 9.17) is 14.2 Å². The lowest BCUT2D eigenvalue weighted by atomic mass is 9.82. The zero-order chi connectivity index (χ0) is 36.2. The second kappa shape index (κ2) is 13.0. The molecule has 3 fully saturated rings. The number of likely N-dealkylation sites (tertiary alicyclic amines) is 2. The van der Waals surface area contributed by atoms with Gasteiger partial charge in [-0.05, 0) is 108 Å². The Kier molecular flexibility index (Phi) is 9.21. The second-order valence-electron chi connectivity index (χ2n) is 16.2. The van der Waals surface area contributed by atoms with Crippen LogP contribution in [0.4, 0.5) is 14.0 Å². The van der Waals surface area contributed by atoms with Crippen LogP contribution in [0.15, 0.2) is 36.4 Å². The predicted octanol–water partition coefficient (Wildman–Crippen LogP) is 7.32. The molecule has 6 rings (SSSR count). The number of carbonyl (C=O) groups excluding carboxylic acids is 4. The quantitative estimate of drug-likeness (QED) is 0.229. The fourth-order valence-electron chi connectivity index (χ4n) is 7.98. The average Bonchev–Trinajstić information content (AvgIpc) is 3.72. The van der Waals surface area contributed by atoms with E-state index in [1.165, 1.54) is 6.07 Å². The van der Waals surface area contributed by atoms with Gasteiger partial charge in [-0.1, -0.05) is 18.2 Å². The van der Waals surface area contributed by atoms with Crippen molar-refractivity contribution >= 4 is 23.9 Å². The van der Waals surface area contributed by atoms with Crippen molar-refractivity contribution in [3.8, 4) is 17.2 Å². The molecule has 1 saturated carbocycles. The molecule has 0 unspecified atom stereocenters. The molecule has 0 radical (unpaired) electrons. The largest absolute Gasteiger partial charge is 0.450 e. The standard InChI is InChI=1S/C39H46FN3O7/c1-37(2,3)49-35(46)42-15-13-39(14-16-42)30-20-24(10-12-29(30)34(45)48-39)25-7-8-26(31(40)21-25)17-23(22-41)18-32(44)33-27-9-11-28(19-27)43(33)36(47)50-38(4,5)6/h7-8,10,12,20-21,23,27-28,33H,9,11,13-19H2,1-6H3/t23-,27+,28-,33+/m1/s1. The van der Waals surface area contributed by atoms with Gasteiger partial charge in [0.25, 0.3) is 0 Å². The van der Waals surface area contributed by atoms with Gasteiger partial charge in [-0.3, -0.25) is 9.69 Å². The van der Waals surface area contributed by atoms with E-state index in [0.717, 1.165) is 24.8 Å². The van der Waals surface area contributed by atoms with E-state index in [1.54, 1.807) is 54.8 Å². The van der Waals surface area contributed by atoms with E-state index in [2.05, 4.69) is 6.07 Å². The van der Waals surface area contributed by atoms with E-state index in [1.807, 2.05) is 26.8 Å². The number of benzene rings is 2. The minimum Gasteiger partial charge on any atom is -0.450 e. The molecule has 2 bridgehead atoms. The van der Waals surface area contributed by atoms with Gasteiger partial charge in [-0.25, -0.2) is 18.8 Å². The Hall–Kier alpha value is -4.46. The number of ketones is 1.